The molecular weight excluding hydrogens is 398 g/mol. The smallest absolute Gasteiger partial charge is 0.276 e. The highest BCUT2D eigenvalue weighted by atomic mass is 35.5. The Bertz CT molecular complexity index is 1120. The summed E-state index contributed by atoms with van der Waals surface area (Å²) in [5.74, 6) is -0.331. The van der Waals surface area contributed by atoms with Gasteiger partial charge in [0.05, 0.1) is 5.39 Å². The van der Waals surface area contributed by atoms with Gasteiger partial charge in [-0.25, -0.2) is 4.68 Å². The highest BCUT2D eigenvalue weighted by molar-refractivity contribution is 6.32. The topological polar surface area (TPSA) is 64.0 Å². The van der Waals surface area contributed by atoms with Crippen molar-refractivity contribution in [2.45, 2.75) is 59.4 Å². The standard InChI is InChI=1S/C24H28ClN3O2/c1-4-7-10-15-28-24(30)19-12-9-8-11-18(19)22(27-28)23(29)26-21-16(5-2)13-14-20(25)17(21)6-3/h8-9,11-14H,4-7,10,15H2,1-3H3,(H,26,29). The predicted molar refractivity (Wildman–Crippen MR) is 124 cm³/mol. The fraction of sp³-hybridized carbons (Fsp3) is 0.375. The van der Waals surface area contributed by atoms with Crippen molar-refractivity contribution < 1.29 is 4.79 Å². The number of fused-ring (bicyclic) bond motifs is 1. The van der Waals surface area contributed by atoms with Crippen LogP contribution in [0.5, 0.6) is 0 Å². The number of benzene rings is 2. The van der Waals surface area contributed by atoms with Crippen molar-refractivity contribution in [1.29, 1.82) is 0 Å². The van der Waals surface area contributed by atoms with Gasteiger partial charge in [-0.05, 0) is 42.5 Å². The second kappa shape index (κ2) is 9.90. The van der Waals surface area contributed by atoms with Crippen LogP contribution in [0.25, 0.3) is 10.8 Å². The molecule has 6 heteroatoms. The van der Waals surface area contributed by atoms with E-state index in [1.54, 1.807) is 12.1 Å². The predicted octanol–water partition coefficient (Wildman–Crippen LogP) is 5.62. The molecule has 30 heavy (non-hydrogen) atoms. The number of carbonyl (C=O) groups excluding carboxylic acids is 1. The number of amides is 1. The summed E-state index contributed by atoms with van der Waals surface area (Å²) in [7, 11) is 0. The second-order valence-corrected chi connectivity index (χ2v) is 7.76. The van der Waals surface area contributed by atoms with Crippen molar-refractivity contribution in [3.8, 4) is 0 Å². The van der Waals surface area contributed by atoms with Crippen LogP contribution in [0.4, 0.5) is 5.69 Å². The first-order valence-corrected chi connectivity index (χ1v) is 11.0. The van der Waals surface area contributed by atoms with Crippen molar-refractivity contribution in [2.24, 2.45) is 0 Å². The van der Waals surface area contributed by atoms with Gasteiger partial charge in [0.1, 0.15) is 0 Å². The normalized spacial score (nSPS) is 11.1. The van der Waals surface area contributed by atoms with Crippen molar-refractivity contribution in [1.82, 2.24) is 9.78 Å². The zero-order valence-electron chi connectivity index (χ0n) is 17.8. The maximum Gasteiger partial charge on any atom is 0.276 e. The number of unbranched alkanes of at least 4 members (excludes halogenated alkanes) is 2. The zero-order valence-corrected chi connectivity index (χ0v) is 18.6. The van der Waals surface area contributed by atoms with Gasteiger partial charge in [-0.2, -0.15) is 5.10 Å². The number of nitrogens with one attached hydrogen (secondary N) is 1. The summed E-state index contributed by atoms with van der Waals surface area (Å²) in [6.07, 6.45) is 4.36. The molecule has 0 spiro atoms. The number of carbonyl (C=O) groups is 1. The first-order valence-electron chi connectivity index (χ1n) is 10.6. The van der Waals surface area contributed by atoms with E-state index in [1.165, 1.54) is 4.68 Å². The van der Waals surface area contributed by atoms with Crippen molar-refractivity contribution >= 4 is 34.0 Å². The average Bonchev–Trinajstić information content (AvgIpc) is 2.76. The molecule has 3 rings (SSSR count). The lowest BCUT2D eigenvalue weighted by molar-refractivity contribution is 0.102. The van der Waals surface area contributed by atoms with E-state index in [4.69, 9.17) is 11.6 Å². The lowest BCUT2D eigenvalue weighted by atomic mass is 10.0. The minimum Gasteiger partial charge on any atom is -0.320 e. The third-order valence-electron chi connectivity index (χ3n) is 5.37. The third-order valence-corrected chi connectivity index (χ3v) is 5.73. The van der Waals surface area contributed by atoms with E-state index in [9.17, 15) is 9.59 Å². The van der Waals surface area contributed by atoms with Crippen LogP contribution < -0.4 is 10.9 Å². The van der Waals surface area contributed by atoms with Crippen LogP contribution in [-0.4, -0.2) is 15.7 Å². The Balaban J connectivity index is 2.09. The molecule has 0 aliphatic rings. The number of aryl methyl sites for hydroxylation is 2. The Hall–Kier alpha value is -2.66. The molecule has 1 amide bonds. The molecule has 0 aliphatic heterocycles. The maximum atomic E-state index is 13.3. The van der Waals surface area contributed by atoms with Gasteiger partial charge in [0.25, 0.3) is 11.5 Å². The molecule has 0 fully saturated rings. The fourth-order valence-electron chi connectivity index (χ4n) is 3.71. The minimum atomic E-state index is -0.331. The van der Waals surface area contributed by atoms with Gasteiger partial charge in [-0.15, -0.1) is 0 Å². The van der Waals surface area contributed by atoms with E-state index in [1.807, 2.05) is 38.1 Å². The monoisotopic (exact) mass is 425 g/mol. The molecule has 0 aliphatic carbocycles. The number of nitrogens with zero attached hydrogens (tertiary/aromatic N) is 2. The van der Waals surface area contributed by atoms with Gasteiger partial charge in [0.2, 0.25) is 0 Å². The molecule has 0 saturated heterocycles. The number of hydrogen-bond acceptors (Lipinski definition) is 3. The fourth-order valence-corrected chi connectivity index (χ4v) is 4.00. The average molecular weight is 426 g/mol. The van der Waals surface area contributed by atoms with Gasteiger partial charge in [-0.1, -0.05) is 69.5 Å². The Kier molecular flexibility index (Phi) is 7.27. The van der Waals surface area contributed by atoms with Gasteiger partial charge in [0, 0.05) is 22.6 Å². The van der Waals surface area contributed by atoms with Crippen LogP contribution in [-0.2, 0) is 19.4 Å². The molecule has 1 aromatic heterocycles. The molecule has 0 unspecified atom stereocenters. The number of anilines is 1. The summed E-state index contributed by atoms with van der Waals surface area (Å²) < 4.78 is 1.42. The summed E-state index contributed by atoms with van der Waals surface area (Å²) in [6.45, 7) is 6.66. The van der Waals surface area contributed by atoms with Crippen LogP contribution in [0.15, 0.2) is 41.2 Å². The van der Waals surface area contributed by atoms with E-state index in [0.717, 1.165) is 42.5 Å². The SMILES string of the molecule is CCCCCn1nc(C(=O)Nc2c(CC)ccc(Cl)c2CC)c2ccccc2c1=O. The van der Waals surface area contributed by atoms with Crippen LogP contribution in [0, 0.1) is 0 Å². The molecule has 0 saturated carbocycles. The third kappa shape index (κ3) is 4.41. The van der Waals surface area contributed by atoms with E-state index in [0.29, 0.717) is 28.8 Å². The number of hydrogen-bond donors (Lipinski definition) is 1. The first-order chi connectivity index (χ1) is 14.5. The molecular formula is C24H28ClN3O2. The molecule has 0 radical (unpaired) electrons. The number of rotatable bonds is 8. The number of aromatic nitrogens is 2. The minimum absolute atomic E-state index is 0.162. The summed E-state index contributed by atoms with van der Waals surface area (Å²) in [5.41, 5.74) is 2.76. The van der Waals surface area contributed by atoms with Gasteiger partial charge in [-0.3, -0.25) is 9.59 Å². The maximum absolute atomic E-state index is 13.3. The van der Waals surface area contributed by atoms with E-state index >= 15 is 0 Å². The lowest BCUT2D eigenvalue weighted by Crippen LogP contribution is -2.28. The lowest BCUT2D eigenvalue weighted by Gasteiger charge is -2.17. The highest BCUT2D eigenvalue weighted by Gasteiger charge is 2.19. The van der Waals surface area contributed by atoms with Crippen molar-refractivity contribution in [3.05, 3.63) is 68.6 Å². The molecule has 5 nitrogen and oxygen atoms in total. The molecule has 2 aromatic carbocycles. The summed E-state index contributed by atoms with van der Waals surface area (Å²) in [6, 6.07) is 11.0. The van der Waals surface area contributed by atoms with Gasteiger partial charge < -0.3 is 5.32 Å². The molecule has 0 bridgehead atoms. The Morgan fingerprint density at radius 2 is 1.77 bits per heavy atom. The Morgan fingerprint density at radius 1 is 1.03 bits per heavy atom. The van der Waals surface area contributed by atoms with Crippen LogP contribution in [0.3, 0.4) is 0 Å². The zero-order chi connectivity index (χ0) is 21.7. The Labute approximate surface area is 182 Å². The molecule has 3 aromatic rings. The number of halogens is 1. The van der Waals surface area contributed by atoms with Gasteiger partial charge >= 0.3 is 0 Å². The molecule has 158 valence electrons. The summed E-state index contributed by atoms with van der Waals surface area (Å²) >= 11 is 6.39. The first kappa shape index (κ1) is 22.0. The summed E-state index contributed by atoms with van der Waals surface area (Å²) in [4.78, 5) is 26.2. The molecule has 1 heterocycles. The molecule has 0 atom stereocenters. The van der Waals surface area contributed by atoms with Crippen molar-refractivity contribution in [2.75, 3.05) is 5.32 Å². The largest absolute Gasteiger partial charge is 0.320 e. The van der Waals surface area contributed by atoms with E-state index < -0.39 is 0 Å². The highest BCUT2D eigenvalue weighted by Crippen LogP contribution is 2.30. The van der Waals surface area contributed by atoms with Crippen LogP contribution in [0.2, 0.25) is 5.02 Å². The van der Waals surface area contributed by atoms with Gasteiger partial charge in [0.15, 0.2) is 5.69 Å². The van der Waals surface area contributed by atoms with Crippen LogP contribution >= 0.6 is 11.6 Å². The quantitative estimate of drug-likeness (QED) is 0.476. The second-order valence-electron chi connectivity index (χ2n) is 7.35. The van der Waals surface area contributed by atoms with Crippen LogP contribution in [0.1, 0.15) is 61.6 Å². The Morgan fingerprint density at radius 3 is 2.43 bits per heavy atom. The summed E-state index contributed by atoms with van der Waals surface area (Å²) in [5, 5.41) is 9.20. The van der Waals surface area contributed by atoms with E-state index in [2.05, 4.69) is 17.3 Å². The van der Waals surface area contributed by atoms with E-state index in [-0.39, 0.29) is 17.2 Å². The molecule has 1 N–H and O–H groups in total. The van der Waals surface area contributed by atoms with Crippen molar-refractivity contribution in [3.63, 3.8) is 0 Å².